The molecule has 0 bridgehead atoms. The van der Waals surface area contributed by atoms with Crippen LogP contribution in [0.15, 0.2) is 60.2 Å². The number of nitrogens with one attached hydrogen (secondary N) is 1. The second-order valence-corrected chi connectivity index (χ2v) is 9.57. The number of methoxy groups -OCH3 is 1. The van der Waals surface area contributed by atoms with Gasteiger partial charge in [0, 0.05) is 16.1 Å². The molecule has 11 heteroatoms. The minimum absolute atomic E-state index is 0.0817. The quantitative estimate of drug-likeness (QED) is 0.225. The van der Waals surface area contributed by atoms with Crippen LogP contribution in [0, 0.1) is 5.82 Å². The van der Waals surface area contributed by atoms with Gasteiger partial charge in [0.25, 0.3) is 11.8 Å². The van der Waals surface area contributed by atoms with Gasteiger partial charge in [-0.15, -0.1) is 0 Å². The number of amides is 4. The van der Waals surface area contributed by atoms with Crippen LogP contribution in [0.25, 0.3) is 6.08 Å². The van der Waals surface area contributed by atoms with Gasteiger partial charge in [0.1, 0.15) is 23.7 Å². The van der Waals surface area contributed by atoms with E-state index in [1.54, 1.807) is 36.4 Å². The van der Waals surface area contributed by atoms with Crippen molar-refractivity contribution < 1.29 is 33.0 Å². The van der Waals surface area contributed by atoms with Gasteiger partial charge in [-0.2, -0.15) is 0 Å². The Hall–Kier alpha value is -4.08. The molecule has 8 nitrogen and oxygen atoms in total. The van der Waals surface area contributed by atoms with Crippen LogP contribution in [0.4, 0.5) is 9.18 Å². The molecule has 0 aliphatic carbocycles. The molecule has 1 heterocycles. The summed E-state index contributed by atoms with van der Waals surface area (Å²) in [6, 6.07) is 13.1. The molecule has 3 aromatic carbocycles. The highest BCUT2D eigenvalue weighted by Crippen LogP contribution is 2.35. The summed E-state index contributed by atoms with van der Waals surface area (Å²) >= 11 is 12.5. The fourth-order valence-corrected chi connectivity index (χ4v) is 4.49. The number of imide groups is 2. The number of benzene rings is 3. The van der Waals surface area contributed by atoms with Gasteiger partial charge < -0.3 is 14.2 Å². The summed E-state index contributed by atoms with van der Waals surface area (Å²) in [5.41, 5.74) is 0.693. The summed E-state index contributed by atoms with van der Waals surface area (Å²) < 4.78 is 30.9. The van der Waals surface area contributed by atoms with Gasteiger partial charge in [-0.3, -0.25) is 19.8 Å². The molecule has 0 atom stereocenters. The van der Waals surface area contributed by atoms with Gasteiger partial charge in [0.2, 0.25) is 0 Å². The van der Waals surface area contributed by atoms with E-state index in [0.717, 1.165) is 11.3 Å². The summed E-state index contributed by atoms with van der Waals surface area (Å²) in [4.78, 5) is 39.6. The van der Waals surface area contributed by atoms with Crippen LogP contribution in [0.1, 0.15) is 30.0 Å². The number of hydrogen-bond acceptors (Lipinski definition) is 6. The lowest BCUT2D eigenvalue weighted by molar-refractivity contribution is -0.130. The number of halogens is 3. The molecule has 0 unspecified atom stereocenters. The predicted octanol–water partition coefficient (Wildman–Crippen LogP) is 6.17. The van der Waals surface area contributed by atoms with Gasteiger partial charge in [-0.05, 0) is 48.4 Å². The van der Waals surface area contributed by atoms with E-state index in [-0.39, 0.29) is 45.6 Å². The summed E-state index contributed by atoms with van der Waals surface area (Å²) in [5.74, 6) is -1.16. The Kier molecular flexibility index (Phi) is 9.29. The average molecular weight is 587 g/mol. The number of nitrogens with zero attached hydrogens (tertiary/aromatic N) is 1. The first kappa shape index (κ1) is 28.9. The molecule has 40 heavy (non-hydrogen) atoms. The number of hydrogen-bond donors (Lipinski definition) is 1. The third-order valence-electron chi connectivity index (χ3n) is 5.88. The zero-order valence-corrected chi connectivity index (χ0v) is 23.1. The molecule has 1 aliphatic heterocycles. The van der Waals surface area contributed by atoms with Gasteiger partial charge >= 0.3 is 6.03 Å². The lowest BCUT2D eigenvalue weighted by Gasteiger charge is -2.27. The van der Waals surface area contributed by atoms with Crippen LogP contribution in [0.5, 0.6) is 17.2 Å². The zero-order chi connectivity index (χ0) is 28.8. The summed E-state index contributed by atoms with van der Waals surface area (Å²) in [6.45, 7) is 2.16. The molecule has 4 rings (SSSR count). The van der Waals surface area contributed by atoms with Crippen LogP contribution in [-0.2, 0) is 22.7 Å². The van der Waals surface area contributed by atoms with Crippen LogP contribution < -0.4 is 19.5 Å². The van der Waals surface area contributed by atoms with E-state index in [2.05, 4.69) is 5.32 Å². The number of urea groups is 1. The summed E-state index contributed by atoms with van der Waals surface area (Å²) in [5, 5.41) is 2.48. The first-order chi connectivity index (χ1) is 19.2. The molecule has 1 aliphatic rings. The molecule has 1 N–H and O–H groups in total. The van der Waals surface area contributed by atoms with E-state index in [1.807, 2.05) is 6.92 Å². The Bertz CT molecular complexity index is 1490. The molecule has 208 valence electrons. The smallest absolute Gasteiger partial charge is 0.331 e. The average Bonchev–Trinajstić information content (AvgIpc) is 2.92. The highest BCUT2D eigenvalue weighted by Gasteiger charge is 2.36. The number of carbonyl (C=O) groups is 3. The third-order valence-corrected chi connectivity index (χ3v) is 6.38. The fraction of sp³-hybridized carbons (Fsp3) is 0.207. The van der Waals surface area contributed by atoms with Gasteiger partial charge in [-0.25, -0.2) is 9.18 Å². The maximum absolute atomic E-state index is 14.1. The Balaban J connectivity index is 1.63. The molecule has 0 radical (unpaired) electrons. The van der Waals surface area contributed by atoms with E-state index in [4.69, 9.17) is 37.4 Å². The van der Waals surface area contributed by atoms with E-state index in [9.17, 15) is 18.8 Å². The molecule has 1 fully saturated rings. The Morgan fingerprint density at radius 1 is 1.00 bits per heavy atom. The number of ether oxygens (including phenoxy) is 3. The maximum Gasteiger partial charge on any atom is 0.331 e. The van der Waals surface area contributed by atoms with Crippen molar-refractivity contribution in [3.8, 4) is 17.2 Å². The second kappa shape index (κ2) is 12.8. The van der Waals surface area contributed by atoms with Crippen molar-refractivity contribution >= 4 is 47.1 Å². The van der Waals surface area contributed by atoms with Crippen molar-refractivity contribution in [3.63, 3.8) is 0 Å². The molecular weight excluding hydrogens is 562 g/mol. The van der Waals surface area contributed by atoms with Crippen LogP contribution >= 0.6 is 23.2 Å². The number of rotatable bonds is 10. The summed E-state index contributed by atoms with van der Waals surface area (Å²) in [6.07, 6.45) is 2.04. The summed E-state index contributed by atoms with van der Waals surface area (Å²) in [7, 11) is 1.48. The minimum atomic E-state index is -0.900. The van der Waals surface area contributed by atoms with Crippen molar-refractivity contribution in [2.75, 3.05) is 13.7 Å². The van der Waals surface area contributed by atoms with E-state index in [0.29, 0.717) is 23.7 Å². The molecule has 0 aromatic heterocycles. The largest absolute Gasteiger partial charge is 0.493 e. The van der Waals surface area contributed by atoms with Gasteiger partial charge in [-0.1, -0.05) is 54.4 Å². The van der Waals surface area contributed by atoms with Crippen molar-refractivity contribution in [1.82, 2.24) is 10.2 Å². The highest BCUT2D eigenvalue weighted by atomic mass is 35.5. The number of carbonyl (C=O) groups excluding carboxylic acids is 3. The van der Waals surface area contributed by atoms with Crippen LogP contribution in [0.3, 0.4) is 0 Å². The van der Waals surface area contributed by atoms with E-state index in [1.165, 1.54) is 31.4 Å². The Morgan fingerprint density at radius 3 is 2.50 bits per heavy atom. The van der Waals surface area contributed by atoms with Crippen LogP contribution in [-0.4, -0.2) is 36.5 Å². The lowest BCUT2D eigenvalue weighted by Crippen LogP contribution is -2.53. The fourth-order valence-electron chi connectivity index (χ4n) is 3.92. The van der Waals surface area contributed by atoms with Crippen LogP contribution in [0.2, 0.25) is 10.0 Å². The monoisotopic (exact) mass is 586 g/mol. The predicted molar refractivity (Wildman–Crippen MR) is 148 cm³/mol. The molecule has 1 saturated heterocycles. The SMILES string of the molecule is CCCOc1ccc(CN2C(=O)NC(=O)/C(=C\c3cc(Cl)cc(Cl)c3OCc3ccccc3F)C2=O)cc1OC. The second-order valence-electron chi connectivity index (χ2n) is 8.73. The van der Waals surface area contributed by atoms with Gasteiger partial charge in [0.15, 0.2) is 11.5 Å². The normalized spacial score (nSPS) is 14.4. The molecule has 0 spiro atoms. The Morgan fingerprint density at radius 2 is 1.77 bits per heavy atom. The standard InChI is InChI=1S/C29H25Cl2FN2O6/c1-3-10-39-24-9-8-17(11-25(24)38-2)15-34-28(36)21(27(35)33-29(34)37)13-19-12-20(30)14-22(31)26(19)40-16-18-6-4-5-7-23(18)32/h4-9,11-14H,3,10,15-16H2,1-2H3,(H,33,35,37)/b21-13+. The first-order valence-electron chi connectivity index (χ1n) is 12.3. The van der Waals surface area contributed by atoms with Crippen molar-refractivity contribution in [2.24, 2.45) is 0 Å². The van der Waals surface area contributed by atoms with E-state index >= 15 is 0 Å². The molecule has 0 saturated carbocycles. The minimum Gasteiger partial charge on any atom is -0.493 e. The van der Waals surface area contributed by atoms with Crippen molar-refractivity contribution in [2.45, 2.75) is 26.5 Å². The maximum atomic E-state index is 14.1. The first-order valence-corrected chi connectivity index (χ1v) is 13.0. The van der Waals surface area contributed by atoms with Crippen molar-refractivity contribution in [1.29, 1.82) is 0 Å². The molecule has 4 amide bonds. The molecular formula is C29H25Cl2FN2O6. The zero-order valence-electron chi connectivity index (χ0n) is 21.6. The van der Waals surface area contributed by atoms with Crippen molar-refractivity contribution in [3.05, 3.63) is 92.7 Å². The number of barbiturate groups is 1. The molecule has 3 aromatic rings. The topological polar surface area (TPSA) is 94.2 Å². The van der Waals surface area contributed by atoms with E-state index < -0.39 is 23.7 Å². The Labute approximate surface area is 240 Å². The lowest BCUT2D eigenvalue weighted by atomic mass is 10.1. The van der Waals surface area contributed by atoms with Gasteiger partial charge in [0.05, 0.1) is 25.3 Å². The highest BCUT2D eigenvalue weighted by molar-refractivity contribution is 6.36. The third kappa shape index (κ3) is 6.55.